The van der Waals surface area contributed by atoms with Crippen LogP contribution in [0.2, 0.25) is 5.02 Å². The van der Waals surface area contributed by atoms with Gasteiger partial charge in [0.05, 0.1) is 16.5 Å². The third kappa shape index (κ3) is 3.26. The van der Waals surface area contributed by atoms with Gasteiger partial charge in [-0.25, -0.2) is 5.26 Å². The van der Waals surface area contributed by atoms with E-state index >= 15 is 0 Å². The van der Waals surface area contributed by atoms with E-state index in [2.05, 4.69) is 11.0 Å². The largest absolute Gasteiger partial charge is 0.339 e. The van der Waals surface area contributed by atoms with Crippen molar-refractivity contribution in [3.8, 4) is 11.8 Å². The molecule has 0 unspecified atom stereocenters. The molecule has 0 aliphatic heterocycles. The lowest BCUT2D eigenvalue weighted by molar-refractivity contribution is -0.140. The molecule has 0 aliphatic rings. The van der Waals surface area contributed by atoms with Gasteiger partial charge in [-0.15, -0.1) is 0 Å². The maximum Gasteiger partial charge on any atom is 0.179 e. The fourth-order valence-electron chi connectivity index (χ4n) is 1.74. The first kappa shape index (κ1) is 14.7. The van der Waals surface area contributed by atoms with Gasteiger partial charge in [-0.1, -0.05) is 36.4 Å². The minimum Gasteiger partial charge on any atom is -0.339 e. The van der Waals surface area contributed by atoms with Crippen molar-refractivity contribution in [2.24, 2.45) is 0 Å². The molecule has 3 nitrogen and oxygen atoms in total. The van der Waals surface area contributed by atoms with Crippen LogP contribution in [0.4, 0.5) is 0 Å². The molecule has 0 heterocycles. The normalized spacial score (nSPS) is 10.1. The van der Waals surface area contributed by atoms with Gasteiger partial charge in [-0.3, -0.25) is 0 Å². The van der Waals surface area contributed by atoms with E-state index in [1.807, 2.05) is 25.1 Å². The smallest absolute Gasteiger partial charge is 0.179 e. The number of hydrogen-bond acceptors (Lipinski definition) is 4. The van der Waals surface area contributed by atoms with E-state index in [1.165, 1.54) is 11.8 Å². The summed E-state index contributed by atoms with van der Waals surface area (Å²) in [5.41, 5.74) is 1.59. The van der Waals surface area contributed by atoms with Gasteiger partial charge in [-0.2, -0.15) is 5.26 Å². The molecule has 0 saturated carbocycles. The number of hydrogen-bond donors (Lipinski definition) is 1. The molecule has 0 aromatic heterocycles. The van der Waals surface area contributed by atoms with Crippen molar-refractivity contribution in [3.63, 3.8) is 0 Å². The fraction of sp³-hybridized carbons (Fsp3) is 0.133. The van der Waals surface area contributed by atoms with Gasteiger partial charge < -0.3 is 4.89 Å². The van der Waals surface area contributed by atoms with E-state index in [1.54, 1.807) is 18.2 Å². The molecule has 2 rings (SSSR count). The Morgan fingerprint density at radius 2 is 2.10 bits per heavy atom. The topological polar surface area (TPSA) is 53.2 Å². The summed E-state index contributed by atoms with van der Waals surface area (Å²) in [5, 5.41) is 18.5. The van der Waals surface area contributed by atoms with Crippen LogP contribution in [0.25, 0.3) is 0 Å². The van der Waals surface area contributed by atoms with Gasteiger partial charge in [0.1, 0.15) is 0 Å². The van der Waals surface area contributed by atoms with Gasteiger partial charge in [0.25, 0.3) is 0 Å². The summed E-state index contributed by atoms with van der Waals surface area (Å²) < 4.78 is 0. The Bertz CT molecular complexity index is 667. The van der Waals surface area contributed by atoms with Crippen LogP contribution in [0.1, 0.15) is 18.1 Å². The Morgan fingerprint density at radius 1 is 1.30 bits per heavy atom. The molecule has 5 heteroatoms. The second-order valence-corrected chi connectivity index (χ2v) is 5.60. The SMILES string of the molecule is CCc1ccc(Sc2cc(C#N)ccc2OO)cc1Cl. The van der Waals surface area contributed by atoms with Crippen LogP contribution < -0.4 is 4.89 Å². The van der Waals surface area contributed by atoms with Crippen LogP contribution in [0, 0.1) is 11.3 Å². The molecule has 2 aromatic rings. The van der Waals surface area contributed by atoms with Crippen LogP contribution in [0.15, 0.2) is 46.2 Å². The second-order valence-electron chi connectivity index (χ2n) is 4.07. The van der Waals surface area contributed by atoms with E-state index in [9.17, 15) is 0 Å². The minimum atomic E-state index is 0.310. The van der Waals surface area contributed by atoms with E-state index in [-0.39, 0.29) is 0 Å². The Labute approximate surface area is 126 Å². The zero-order valence-corrected chi connectivity index (χ0v) is 12.3. The summed E-state index contributed by atoms with van der Waals surface area (Å²) in [6.07, 6.45) is 0.874. The van der Waals surface area contributed by atoms with Crippen LogP contribution in [-0.4, -0.2) is 5.26 Å². The van der Waals surface area contributed by atoms with E-state index < -0.39 is 0 Å². The first-order valence-electron chi connectivity index (χ1n) is 5.99. The number of nitrogens with zero attached hydrogens (tertiary/aromatic N) is 1. The highest BCUT2D eigenvalue weighted by Crippen LogP contribution is 2.37. The predicted molar refractivity (Wildman–Crippen MR) is 79.4 cm³/mol. The van der Waals surface area contributed by atoms with Gasteiger partial charge in [0.2, 0.25) is 0 Å². The summed E-state index contributed by atoms with van der Waals surface area (Å²) in [7, 11) is 0. The molecule has 102 valence electrons. The van der Waals surface area contributed by atoms with Crippen molar-refractivity contribution in [1.29, 1.82) is 5.26 Å². The van der Waals surface area contributed by atoms with Crippen molar-refractivity contribution in [1.82, 2.24) is 0 Å². The Hall–Kier alpha value is -1.67. The number of halogens is 1. The summed E-state index contributed by atoms with van der Waals surface area (Å²) in [6, 6.07) is 12.7. The molecule has 0 atom stereocenters. The summed E-state index contributed by atoms with van der Waals surface area (Å²) in [4.78, 5) is 5.91. The molecule has 20 heavy (non-hydrogen) atoms. The first-order valence-corrected chi connectivity index (χ1v) is 7.19. The van der Waals surface area contributed by atoms with Crippen molar-refractivity contribution >= 4 is 23.4 Å². The predicted octanol–water partition coefficient (Wildman–Crippen LogP) is 4.78. The molecule has 0 saturated heterocycles. The molecule has 0 amide bonds. The van der Waals surface area contributed by atoms with Crippen molar-refractivity contribution in [2.45, 2.75) is 23.1 Å². The maximum atomic E-state index is 8.92. The molecular weight excluding hydrogens is 294 g/mol. The lowest BCUT2D eigenvalue weighted by Gasteiger charge is -2.08. The third-order valence-corrected chi connectivity index (χ3v) is 4.18. The number of aryl methyl sites for hydroxylation is 1. The quantitative estimate of drug-likeness (QED) is 0.652. The van der Waals surface area contributed by atoms with Gasteiger partial charge in [0, 0.05) is 9.92 Å². The molecule has 0 radical (unpaired) electrons. The minimum absolute atomic E-state index is 0.310. The molecule has 0 bridgehead atoms. The third-order valence-electron chi connectivity index (χ3n) is 2.80. The molecular formula is C15H12ClNO2S. The van der Waals surface area contributed by atoms with E-state index in [0.717, 1.165) is 16.9 Å². The Balaban J connectivity index is 2.34. The Kier molecular flexibility index (Phi) is 4.91. The molecule has 0 spiro atoms. The van der Waals surface area contributed by atoms with Crippen molar-refractivity contribution in [3.05, 3.63) is 52.5 Å². The lowest BCUT2D eigenvalue weighted by atomic mass is 10.2. The standard InChI is InChI=1S/C15H12ClNO2S/c1-2-11-4-5-12(8-13(11)16)20-15-7-10(9-17)3-6-14(15)19-18/h3-8,18H,2H2,1H3. The van der Waals surface area contributed by atoms with Crippen molar-refractivity contribution < 1.29 is 10.1 Å². The van der Waals surface area contributed by atoms with Crippen molar-refractivity contribution in [2.75, 3.05) is 0 Å². The van der Waals surface area contributed by atoms with E-state index in [4.69, 9.17) is 22.1 Å². The van der Waals surface area contributed by atoms with Gasteiger partial charge in [0.15, 0.2) is 5.75 Å². The molecule has 1 N–H and O–H groups in total. The van der Waals surface area contributed by atoms with Crippen LogP contribution >= 0.6 is 23.4 Å². The highest BCUT2D eigenvalue weighted by Gasteiger charge is 2.09. The Morgan fingerprint density at radius 3 is 2.70 bits per heavy atom. The number of rotatable bonds is 4. The lowest BCUT2D eigenvalue weighted by Crippen LogP contribution is -1.89. The molecule has 0 fully saturated rings. The summed E-state index contributed by atoms with van der Waals surface area (Å²) >= 11 is 7.56. The monoisotopic (exact) mass is 305 g/mol. The van der Waals surface area contributed by atoms with Crippen LogP contribution in [-0.2, 0) is 6.42 Å². The van der Waals surface area contributed by atoms with E-state index in [0.29, 0.717) is 21.2 Å². The molecule has 2 aromatic carbocycles. The highest BCUT2D eigenvalue weighted by atomic mass is 35.5. The number of benzene rings is 2. The first-order chi connectivity index (χ1) is 9.67. The van der Waals surface area contributed by atoms with Gasteiger partial charge in [-0.05, 0) is 42.3 Å². The number of nitriles is 1. The second kappa shape index (κ2) is 6.67. The maximum absolute atomic E-state index is 8.92. The zero-order valence-electron chi connectivity index (χ0n) is 10.8. The highest BCUT2D eigenvalue weighted by molar-refractivity contribution is 7.99. The summed E-state index contributed by atoms with van der Waals surface area (Å²) in [5.74, 6) is 0.310. The average molecular weight is 306 g/mol. The molecule has 0 aliphatic carbocycles. The van der Waals surface area contributed by atoms with Crippen LogP contribution in [0.5, 0.6) is 5.75 Å². The fourth-order valence-corrected chi connectivity index (χ4v) is 3.08. The zero-order chi connectivity index (χ0) is 14.5. The average Bonchev–Trinajstić information content (AvgIpc) is 2.47. The summed E-state index contributed by atoms with van der Waals surface area (Å²) in [6.45, 7) is 2.04. The van der Waals surface area contributed by atoms with Gasteiger partial charge >= 0.3 is 0 Å². The van der Waals surface area contributed by atoms with Crippen LogP contribution in [0.3, 0.4) is 0 Å².